The zero-order chi connectivity index (χ0) is 10.2. The second-order valence-corrected chi connectivity index (χ2v) is 5.11. The summed E-state index contributed by atoms with van der Waals surface area (Å²) >= 11 is 9.34. The van der Waals surface area contributed by atoms with Crippen LogP contribution in [-0.2, 0) is 5.41 Å². The van der Waals surface area contributed by atoms with E-state index in [1.807, 2.05) is 6.07 Å². The third kappa shape index (κ3) is 1.58. The molecule has 2 N–H and O–H groups in total. The number of nitrogens with two attached hydrogens (primary N) is 1. The molecule has 0 atom stereocenters. The van der Waals surface area contributed by atoms with Crippen molar-refractivity contribution in [1.82, 2.24) is 4.98 Å². The van der Waals surface area contributed by atoms with Gasteiger partial charge in [-0.1, -0.05) is 18.0 Å². The van der Waals surface area contributed by atoms with Gasteiger partial charge in [-0.05, 0) is 34.8 Å². The summed E-state index contributed by atoms with van der Waals surface area (Å²) in [6, 6.07) is 1.89. The summed E-state index contributed by atoms with van der Waals surface area (Å²) in [7, 11) is 0. The monoisotopic (exact) mass is 274 g/mol. The van der Waals surface area contributed by atoms with E-state index in [1.54, 1.807) is 6.20 Å². The SMILES string of the molecule is NCC1(c2ncc(Cl)cc2Br)CCC1. The quantitative estimate of drug-likeness (QED) is 0.901. The highest BCUT2D eigenvalue weighted by Gasteiger charge is 2.39. The zero-order valence-corrected chi connectivity index (χ0v) is 10.1. The van der Waals surface area contributed by atoms with Crippen molar-refractivity contribution in [3.05, 3.63) is 27.5 Å². The lowest BCUT2D eigenvalue weighted by Gasteiger charge is -2.40. The van der Waals surface area contributed by atoms with Crippen LogP contribution in [0.25, 0.3) is 0 Å². The summed E-state index contributed by atoms with van der Waals surface area (Å²) < 4.78 is 0.982. The highest BCUT2D eigenvalue weighted by Crippen LogP contribution is 2.44. The van der Waals surface area contributed by atoms with Gasteiger partial charge < -0.3 is 5.73 Å². The first-order valence-electron chi connectivity index (χ1n) is 4.69. The molecule has 2 rings (SSSR count). The Morgan fingerprint density at radius 2 is 2.29 bits per heavy atom. The van der Waals surface area contributed by atoms with Gasteiger partial charge in [-0.3, -0.25) is 4.98 Å². The first kappa shape index (κ1) is 10.4. The van der Waals surface area contributed by atoms with E-state index in [2.05, 4.69) is 20.9 Å². The van der Waals surface area contributed by atoms with E-state index in [4.69, 9.17) is 17.3 Å². The summed E-state index contributed by atoms with van der Waals surface area (Å²) in [5.74, 6) is 0. The predicted octanol–water partition coefficient (Wildman–Crippen LogP) is 2.88. The largest absolute Gasteiger partial charge is 0.330 e. The maximum atomic E-state index is 5.85. The smallest absolute Gasteiger partial charge is 0.0620 e. The molecular formula is C10H12BrClN2. The number of pyridine rings is 1. The van der Waals surface area contributed by atoms with E-state index >= 15 is 0 Å². The van der Waals surface area contributed by atoms with Crippen LogP contribution in [0.3, 0.4) is 0 Å². The minimum absolute atomic E-state index is 0.101. The number of halogens is 2. The van der Waals surface area contributed by atoms with E-state index in [-0.39, 0.29) is 5.41 Å². The maximum Gasteiger partial charge on any atom is 0.0620 e. The van der Waals surface area contributed by atoms with Crippen molar-refractivity contribution < 1.29 is 0 Å². The Bertz CT molecular complexity index is 344. The van der Waals surface area contributed by atoms with Gasteiger partial charge in [0.25, 0.3) is 0 Å². The highest BCUT2D eigenvalue weighted by atomic mass is 79.9. The van der Waals surface area contributed by atoms with Gasteiger partial charge in [0.15, 0.2) is 0 Å². The van der Waals surface area contributed by atoms with E-state index in [1.165, 1.54) is 6.42 Å². The number of hydrogen-bond donors (Lipinski definition) is 1. The van der Waals surface area contributed by atoms with Gasteiger partial charge in [-0.2, -0.15) is 0 Å². The van der Waals surface area contributed by atoms with Gasteiger partial charge in [-0.15, -0.1) is 0 Å². The van der Waals surface area contributed by atoms with Gasteiger partial charge in [0.1, 0.15) is 0 Å². The number of rotatable bonds is 2. The van der Waals surface area contributed by atoms with Crippen LogP contribution in [0.4, 0.5) is 0 Å². The fourth-order valence-electron chi connectivity index (χ4n) is 1.95. The third-order valence-corrected chi connectivity index (χ3v) is 3.82. The van der Waals surface area contributed by atoms with Crippen LogP contribution in [0.1, 0.15) is 25.0 Å². The topological polar surface area (TPSA) is 38.9 Å². The second-order valence-electron chi connectivity index (χ2n) is 3.82. The maximum absolute atomic E-state index is 5.85. The molecule has 1 aliphatic rings. The third-order valence-electron chi connectivity index (χ3n) is 3.01. The van der Waals surface area contributed by atoms with Gasteiger partial charge >= 0.3 is 0 Å². The van der Waals surface area contributed by atoms with Crippen molar-refractivity contribution in [2.45, 2.75) is 24.7 Å². The van der Waals surface area contributed by atoms with E-state index in [0.717, 1.165) is 23.0 Å². The van der Waals surface area contributed by atoms with Gasteiger partial charge in [-0.25, -0.2) is 0 Å². The Morgan fingerprint density at radius 1 is 1.57 bits per heavy atom. The first-order valence-corrected chi connectivity index (χ1v) is 5.87. The molecule has 0 aromatic carbocycles. The van der Waals surface area contributed by atoms with Gasteiger partial charge in [0.2, 0.25) is 0 Å². The van der Waals surface area contributed by atoms with Crippen LogP contribution in [0.2, 0.25) is 5.02 Å². The number of hydrogen-bond acceptors (Lipinski definition) is 2. The lowest BCUT2D eigenvalue weighted by molar-refractivity contribution is 0.244. The molecule has 0 radical (unpaired) electrons. The summed E-state index contributed by atoms with van der Waals surface area (Å²) in [6.45, 7) is 0.667. The van der Waals surface area contributed by atoms with E-state index in [9.17, 15) is 0 Å². The van der Waals surface area contributed by atoms with Crippen LogP contribution in [0.5, 0.6) is 0 Å². The number of aromatic nitrogens is 1. The Morgan fingerprint density at radius 3 is 2.71 bits per heavy atom. The lowest BCUT2D eigenvalue weighted by atomic mass is 9.66. The van der Waals surface area contributed by atoms with Crippen molar-refractivity contribution in [2.24, 2.45) is 5.73 Å². The molecule has 14 heavy (non-hydrogen) atoms. The van der Waals surface area contributed by atoms with Crippen molar-refractivity contribution in [3.8, 4) is 0 Å². The molecule has 0 unspecified atom stereocenters. The molecule has 76 valence electrons. The van der Waals surface area contributed by atoms with Crippen LogP contribution >= 0.6 is 27.5 Å². The van der Waals surface area contributed by atoms with Crippen LogP contribution in [-0.4, -0.2) is 11.5 Å². The molecule has 0 aliphatic heterocycles. The molecular weight excluding hydrogens is 263 g/mol. The molecule has 4 heteroatoms. The van der Waals surface area contributed by atoms with Crippen LogP contribution < -0.4 is 5.73 Å². The molecule has 0 amide bonds. The zero-order valence-electron chi connectivity index (χ0n) is 7.76. The first-order chi connectivity index (χ1) is 6.68. The molecule has 1 aromatic heterocycles. The molecule has 1 aromatic rings. The Labute approximate surface area is 97.0 Å². The van der Waals surface area contributed by atoms with E-state index < -0.39 is 0 Å². The summed E-state index contributed by atoms with van der Waals surface area (Å²) in [4.78, 5) is 4.38. The minimum Gasteiger partial charge on any atom is -0.330 e. The molecule has 0 spiro atoms. The Hall–Kier alpha value is -0.120. The molecule has 0 saturated heterocycles. The molecule has 1 heterocycles. The van der Waals surface area contributed by atoms with Crippen molar-refractivity contribution in [3.63, 3.8) is 0 Å². The van der Waals surface area contributed by atoms with Crippen molar-refractivity contribution in [1.29, 1.82) is 0 Å². The predicted molar refractivity (Wildman–Crippen MR) is 61.5 cm³/mol. The number of nitrogens with zero attached hydrogens (tertiary/aromatic N) is 1. The average molecular weight is 276 g/mol. The summed E-state index contributed by atoms with van der Waals surface area (Å²) in [5, 5.41) is 0.659. The lowest BCUT2D eigenvalue weighted by Crippen LogP contribution is -2.42. The minimum atomic E-state index is 0.101. The van der Waals surface area contributed by atoms with E-state index in [0.29, 0.717) is 11.6 Å². The molecule has 0 bridgehead atoms. The molecule has 1 fully saturated rings. The summed E-state index contributed by atoms with van der Waals surface area (Å²) in [6.07, 6.45) is 5.21. The Balaban J connectivity index is 2.40. The van der Waals surface area contributed by atoms with Crippen LogP contribution in [0.15, 0.2) is 16.7 Å². The molecule has 1 saturated carbocycles. The van der Waals surface area contributed by atoms with Crippen molar-refractivity contribution in [2.75, 3.05) is 6.54 Å². The molecule has 2 nitrogen and oxygen atoms in total. The fourth-order valence-corrected chi connectivity index (χ4v) is 3.01. The fraction of sp³-hybridized carbons (Fsp3) is 0.500. The Kier molecular flexibility index (Phi) is 2.82. The van der Waals surface area contributed by atoms with Crippen molar-refractivity contribution >= 4 is 27.5 Å². The van der Waals surface area contributed by atoms with Crippen LogP contribution in [0, 0.1) is 0 Å². The summed E-state index contributed by atoms with van der Waals surface area (Å²) in [5.41, 5.74) is 6.98. The standard InChI is InChI=1S/C10H12BrClN2/c11-8-4-7(12)5-14-9(8)10(6-13)2-1-3-10/h4-5H,1-3,6,13H2. The highest BCUT2D eigenvalue weighted by molar-refractivity contribution is 9.10. The second kappa shape index (κ2) is 3.80. The van der Waals surface area contributed by atoms with Gasteiger partial charge in [0.05, 0.1) is 10.7 Å². The van der Waals surface area contributed by atoms with Gasteiger partial charge in [0, 0.05) is 22.6 Å². The average Bonchev–Trinajstić information content (AvgIpc) is 2.07. The normalized spacial score (nSPS) is 19.1. The molecule has 1 aliphatic carbocycles.